The van der Waals surface area contributed by atoms with Gasteiger partial charge in [0.05, 0.1) is 0 Å². The summed E-state index contributed by atoms with van der Waals surface area (Å²) in [5.74, 6) is 2.79. The molecule has 0 radical (unpaired) electrons. The maximum Gasteiger partial charge on any atom is 0.156 e. The average Bonchev–Trinajstić information content (AvgIpc) is 2.68. The first-order chi connectivity index (χ1) is 9.70. The molecule has 3 rings (SSSR count). The number of hydrogen-bond donors (Lipinski definition) is 1. The number of fused-ring (bicyclic) bond motifs is 1. The van der Waals surface area contributed by atoms with Crippen LogP contribution in [0.5, 0.6) is 0 Å². The van der Waals surface area contributed by atoms with E-state index in [1.54, 1.807) is 10.8 Å². The number of halogens is 1. The van der Waals surface area contributed by atoms with Crippen molar-refractivity contribution in [3.8, 4) is 0 Å². The van der Waals surface area contributed by atoms with Gasteiger partial charge in [-0.15, -0.1) is 0 Å². The predicted octanol–water partition coefficient (Wildman–Crippen LogP) is 2.51. The van der Waals surface area contributed by atoms with Gasteiger partial charge in [-0.2, -0.15) is 5.10 Å². The van der Waals surface area contributed by atoms with Crippen LogP contribution in [-0.2, 0) is 0 Å². The molecule has 1 fully saturated rings. The van der Waals surface area contributed by atoms with Gasteiger partial charge in [-0.1, -0.05) is 23.5 Å². The van der Waals surface area contributed by atoms with Gasteiger partial charge in [0, 0.05) is 18.8 Å². The summed E-state index contributed by atoms with van der Waals surface area (Å²) >= 11 is 7.60. The van der Waals surface area contributed by atoms with E-state index in [1.165, 1.54) is 24.8 Å². The van der Waals surface area contributed by atoms with Crippen LogP contribution in [0, 0.1) is 12.8 Å². The largest absolute Gasteiger partial charge is 0.354 e. The Bertz CT molecular complexity index is 608. The molecule has 0 amide bonds. The summed E-state index contributed by atoms with van der Waals surface area (Å²) in [6.07, 6.45) is 4.00. The van der Waals surface area contributed by atoms with Gasteiger partial charge in [0.25, 0.3) is 0 Å². The molecule has 1 aliphatic heterocycles. The van der Waals surface area contributed by atoms with Crippen LogP contribution in [0.2, 0.25) is 5.15 Å². The summed E-state index contributed by atoms with van der Waals surface area (Å²) in [5.41, 5.74) is 2.14. The van der Waals surface area contributed by atoms with Crippen LogP contribution in [0.4, 0.5) is 5.82 Å². The third-order valence-electron chi connectivity index (χ3n) is 3.81. The highest BCUT2D eigenvalue weighted by Gasteiger charge is 2.29. The van der Waals surface area contributed by atoms with Crippen molar-refractivity contribution in [1.82, 2.24) is 14.6 Å². The number of hydrogen-bond acceptors (Lipinski definition) is 5. The Kier molecular flexibility index (Phi) is 4.05. The fourth-order valence-electron chi connectivity index (χ4n) is 2.77. The van der Waals surface area contributed by atoms with Crippen LogP contribution in [0.15, 0.2) is 12.4 Å². The minimum Gasteiger partial charge on any atom is -0.354 e. The second-order valence-corrected chi connectivity index (χ2v) is 6.41. The molecule has 0 aliphatic carbocycles. The van der Waals surface area contributed by atoms with E-state index < -0.39 is 0 Å². The minimum absolute atomic E-state index is 0.637. The summed E-state index contributed by atoms with van der Waals surface area (Å²) < 4.78 is 1.76. The van der Waals surface area contributed by atoms with Crippen LogP contribution in [0.3, 0.4) is 0 Å². The Hall–Kier alpha value is -0.980. The van der Waals surface area contributed by atoms with Gasteiger partial charge in [-0.3, -0.25) is 5.14 Å². The number of aryl methyl sites for hydroxylation is 1. The zero-order chi connectivity index (χ0) is 14.1. The zero-order valence-corrected chi connectivity index (χ0v) is 13.0. The smallest absolute Gasteiger partial charge is 0.156 e. The van der Waals surface area contributed by atoms with Crippen molar-refractivity contribution >= 4 is 34.9 Å². The molecule has 2 aromatic heterocycles. The molecule has 108 valence electrons. The lowest BCUT2D eigenvalue weighted by molar-refractivity contribution is 0.379. The number of nitrogens with zero attached hydrogens (tertiary/aromatic N) is 4. The molecule has 20 heavy (non-hydrogen) atoms. The van der Waals surface area contributed by atoms with Gasteiger partial charge >= 0.3 is 0 Å². The van der Waals surface area contributed by atoms with E-state index in [0.29, 0.717) is 5.15 Å². The Labute approximate surface area is 127 Å². The molecule has 7 heteroatoms. The van der Waals surface area contributed by atoms with Crippen LogP contribution in [0.1, 0.15) is 18.4 Å². The lowest BCUT2D eigenvalue weighted by Crippen LogP contribution is -2.47. The summed E-state index contributed by atoms with van der Waals surface area (Å²) in [4.78, 5) is 6.75. The number of rotatable bonds is 5. The third-order valence-corrected chi connectivity index (χ3v) is 4.61. The number of nitrogens with two attached hydrogens (primary N) is 1. The van der Waals surface area contributed by atoms with Gasteiger partial charge < -0.3 is 4.90 Å². The monoisotopic (exact) mass is 311 g/mol. The molecule has 0 atom stereocenters. The van der Waals surface area contributed by atoms with E-state index in [0.717, 1.165) is 41.7 Å². The quantitative estimate of drug-likeness (QED) is 0.679. The highest BCUT2D eigenvalue weighted by molar-refractivity contribution is 7.97. The van der Waals surface area contributed by atoms with Crippen molar-refractivity contribution in [3.63, 3.8) is 0 Å². The standard InChI is InChI=1S/C13H18ClN5S/c1-9-5-11(14)19-12(9)13(16-8-17-19)18-6-10(7-18)3-2-4-20-15/h5,8,10H,2-4,6-7,15H2,1H3. The molecule has 1 saturated heterocycles. The summed E-state index contributed by atoms with van der Waals surface area (Å²) in [6.45, 7) is 4.16. The normalized spacial score (nSPS) is 15.8. The molecule has 0 bridgehead atoms. The van der Waals surface area contributed by atoms with E-state index in [9.17, 15) is 0 Å². The van der Waals surface area contributed by atoms with Gasteiger partial charge in [-0.25, -0.2) is 9.50 Å². The minimum atomic E-state index is 0.637. The van der Waals surface area contributed by atoms with Crippen molar-refractivity contribution in [3.05, 3.63) is 23.1 Å². The van der Waals surface area contributed by atoms with Crippen LogP contribution in [-0.4, -0.2) is 33.4 Å². The molecular weight excluding hydrogens is 294 g/mol. The van der Waals surface area contributed by atoms with E-state index in [1.807, 2.05) is 13.0 Å². The van der Waals surface area contributed by atoms with Crippen LogP contribution in [0.25, 0.3) is 5.52 Å². The lowest BCUT2D eigenvalue weighted by atomic mass is 9.95. The predicted molar refractivity (Wildman–Crippen MR) is 84.3 cm³/mol. The fraction of sp³-hybridized carbons (Fsp3) is 0.538. The molecule has 0 spiro atoms. The number of aromatic nitrogens is 3. The maximum absolute atomic E-state index is 6.17. The lowest BCUT2D eigenvalue weighted by Gasteiger charge is -2.40. The SMILES string of the molecule is Cc1cc(Cl)n2ncnc(N3CC(CCCSN)C3)c12. The Morgan fingerprint density at radius 1 is 1.50 bits per heavy atom. The van der Waals surface area contributed by atoms with Crippen molar-refractivity contribution in [1.29, 1.82) is 0 Å². The molecule has 3 heterocycles. The van der Waals surface area contributed by atoms with Crippen molar-refractivity contribution in [2.24, 2.45) is 11.1 Å². The van der Waals surface area contributed by atoms with E-state index in [-0.39, 0.29) is 0 Å². The first-order valence-electron chi connectivity index (χ1n) is 6.76. The Balaban J connectivity index is 1.73. The molecule has 1 aliphatic rings. The summed E-state index contributed by atoms with van der Waals surface area (Å²) in [5, 5.41) is 10.3. The van der Waals surface area contributed by atoms with Crippen molar-refractivity contribution in [2.75, 3.05) is 23.7 Å². The molecule has 0 saturated carbocycles. The first-order valence-corrected chi connectivity index (χ1v) is 8.19. The summed E-state index contributed by atoms with van der Waals surface area (Å²) in [7, 11) is 0. The van der Waals surface area contributed by atoms with Crippen molar-refractivity contribution < 1.29 is 0 Å². The molecule has 0 aromatic carbocycles. The second-order valence-electron chi connectivity index (χ2n) is 5.28. The van der Waals surface area contributed by atoms with Crippen LogP contribution >= 0.6 is 23.5 Å². The van der Waals surface area contributed by atoms with Gasteiger partial charge in [0.15, 0.2) is 5.82 Å². The molecule has 2 aromatic rings. The molecule has 0 unspecified atom stereocenters. The van der Waals surface area contributed by atoms with Crippen LogP contribution < -0.4 is 10.0 Å². The Morgan fingerprint density at radius 2 is 2.30 bits per heavy atom. The average molecular weight is 312 g/mol. The van der Waals surface area contributed by atoms with Gasteiger partial charge in [0.1, 0.15) is 17.0 Å². The second kappa shape index (κ2) is 5.79. The van der Waals surface area contributed by atoms with E-state index in [2.05, 4.69) is 15.0 Å². The third kappa shape index (κ3) is 2.47. The topological polar surface area (TPSA) is 59.5 Å². The highest BCUT2D eigenvalue weighted by Crippen LogP contribution is 2.32. The first kappa shape index (κ1) is 14.0. The van der Waals surface area contributed by atoms with Gasteiger partial charge in [0.2, 0.25) is 0 Å². The molecular formula is C13H18ClN5S. The number of anilines is 1. The maximum atomic E-state index is 6.17. The Morgan fingerprint density at radius 3 is 3.05 bits per heavy atom. The zero-order valence-electron chi connectivity index (χ0n) is 11.4. The van der Waals surface area contributed by atoms with Crippen molar-refractivity contribution in [2.45, 2.75) is 19.8 Å². The summed E-state index contributed by atoms with van der Waals surface area (Å²) in [6, 6.07) is 1.94. The fourth-order valence-corrected chi connectivity index (χ4v) is 3.40. The van der Waals surface area contributed by atoms with Gasteiger partial charge in [-0.05, 0) is 37.3 Å². The van der Waals surface area contributed by atoms with E-state index in [4.69, 9.17) is 16.7 Å². The van der Waals surface area contributed by atoms with E-state index >= 15 is 0 Å². The molecule has 5 nitrogen and oxygen atoms in total. The molecule has 2 N–H and O–H groups in total. The highest BCUT2D eigenvalue weighted by atomic mass is 35.5.